The lowest BCUT2D eigenvalue weighted by atomic mass is 10.2. The molecule has 0 saturated heterocycles. The predicted octanol–water partition coefficient (Wildman–Crippen LogP) is 3.77. The maximum Gasteiger partial charge on any atom is 0.337 e. The quantitative estimate of drug-likeness (QED) is 0.823. The van der Waals surface area contributed by atoms with E-state index < -0.39 is 5.97 Å². The first-order valence-electron chi connectivity index (χ1n) is 6.07. The van der Waals surface area contributed by atoms with Crippen LogP contribution in [-0.4, -0.2) is 22.7 Å². The molecule has 2 rings (SSSR count). The van der Waals surface area contributed by atoms with Crippen LogP contribution in [-0.2, 0) is 4.79 Å². The summed E-state index contributed by atoms with van der Waals surface area (Å²) < 4.78 is 0. The van der Waals surface area contributed by atoms with E-state index in [9.17, 15) is 9.59 Å². The van der Waals surface area contributed by atoms with Crippen molar-refractivity contribution in [1.82, 2.24) is 0 Å². The zero-order chi connectivity index (χ0) is 15.2. The zero-order valence-electron chi connectivity index (χ0n) is 10.9. The molecule has 0 bridgehead atoms. The summed E-state index contributed by atoms with van der Waals surface area (Å²) in [7, 11) is 0. The van der Waals surface area contributed by atoms with Crippen LogP contribution in [0.5, 0.6) is 0 Å². The van der Waals surface area contributed by atoms with Crippen molar-refractivity contribution in [2.45, 2.75) is 4.90 Å². The number of thioether (sulfide) groups is 1. The van der Waals surface area contributed by atoms with Crippen LogP contribution >= 0.6 is 23.4 Å². The van der Waals surface area contributed by atoms with Crippen LogP contribution in [0.4, 0.5) is 5.69 Å². The van der Waals surface area contributed by atoms with E-state index in [0.717, 1.165) is 4.90 Å². The summed E-state index contributed by atoms with van der Waals surface area (Å²) in [5.74, 6) is -1.21. The van der Waals surface area contributed by atoms with Crippen LogP contribution in [0.3, 0.4) is 0 Å². The minimum atomic E-state index is -1.11. The largest absolute Gasteiger partial charge is 0.478 e. The third kappa shape index (κ3) is 4.51. The standard InChI is InChI=1S/C15H12ClNO3S/c16-10-6-7-12(15(19)20)13(8-10)17-14(18)9-21-11-4-2-1-3-5-11/h1-8H,9H2,(H,17,18)(H,19,20). The summed E-state index contributed by atoms with van der Waals surface area (Å²) in [6.45, 7) is 0. The van der Waals surface area contributed by atoms with Gasteiger partial charge in [0.05, 0.1) is 17.0 Å². The maximum absolute atomic E-state index is 11.9. The van der Waals surface area contributed by atoms with Crippen LogP contribution in [0.25, 0.3) is 0 Å². The number of anilines is 1. The highest BCUT2D eigenvalue weighted by Crippen LogP contribution is 2.22. The lowest BCUT2D eigenvalue weighted by Gasteiger charge is -2.09. The van der Waals surface area contributed by atoms with Gasteiger partial charge < -0.3 is 10.4 Å². The van der Waals surface area contributed by atoms with E-state index in [1.165, 1.54) is 30.0 Å². The van der Waals surface area contributed by atoms with Crippen molar-refractivity contribution in [1.29, 1.82) is 0 Å². The molecule has 108 valence electrons. The number of carbonyl (C=O) groups is 2. The van der Waals surface area contributed by atoms with Crippen molar-refractivity contribution < 1.29 is 14.7 Å². The van der Waals surface area contributed by atoms with Gasteiger partial charge in [-0.2, -0.15) is 0 Å². The number of halogens is 1. The molecule has 0 heterocycles. The number of carboxylic acid groups (broad SMARTS) is 1. The lowest BCUT2D eigenvalue weighted by molar-refractivity contribution is -0.113. The molecule has 2 N–H and O–H groups in total. The average Bonchev–Trinajstić information content (AvgIpc) is 2.46. The van der Waals surface area contributed by atoms with Crippen LogP contribution in [0.15, 0.2) is 53.4 Å². The van der Waals surface area contributed by atoms with Gasteiger partial charge in [-0.3, -0.25) is 4.79 Å². The molecule has 0 atom stereocenters. The third-order valence-corrected chi connectivity index (χ3v) is 3.85. The summed E-state index contributed by atoms with van der Waals surface area (Å²) in [5.41, 5.74) is 0.214. The molecule has 6 heteroatoms. The molecule has 0 unspecified atom stereocenters. The highest BCUT2D eigenvalue weighted by atomic mass is 35.5. The molecule has 0 radical (unpaired) electrons. The second kappa shape index (κ2) is 7.15. The molecular weight excluding hydrogens is 310 g/mol. The number of benzene rings is 2. The van der Waals surface area contributed by atoms with Crippen LogP contribution in [0.1, 0.15) is 10.4 Å². The van der Waals surface area contributed by atoms with Gasteiger partial charge >= 0.3 is 5.97 Å². The Morgan fingerprint density at radius 2 is 1.86 bits per heavy atom. The Kier molecular flexibility index (Phi) is 5.25. The minimum Gasteiger partial charge on any atom is -0.478 e. The topological polar surface area (TPSA) is 66.4 Å². The molecule has 2 aromatic rings. The number of nitrogens with one attached hydrogen (secondary N) is 1. The molecule has 0 aromatic heterocycles. The zero-order valence-corrected chi connectivity index (χ0v) is 12.4. The number of aromatic carboxylic acids is 1. The minimum absolute atomic E-state index is 0.0115. The highest BCUT2D eigenvalue weighted by Gasteiger charge is 2.13. The van der Waals surface area contributed by atoms with Crippen molar-refractivity contribution in [3.05, 3.63) is 59.1 Å². The number of amides is 1. The van der Waals surface area contributed by atoms with E-state index in [4.69, 9.17) is 16.7 Å². The monoisotopic (exact) mass is 321 g/mol. The second-order valence-electron chi connectivity index (χ2n) is 4.14. The summed E-state index contributed by atoms with van der Waals surface area (Å²) in [4.78, 5) is 24.0. The van der Waals surface area contributed by atoms with Crippen LogP contribution in [0, 0.1) is 0 Å². The fourth-order valence-corrected chi connectivity index (χ4v) is 2.55. The first-order valence-corrected chi connectivity index (χ1v) is 7.43. The van der Waals surface area contributed by atoms with Gasteiger partial charge in [0.1, 0.15) is 0 Å². The van der Waals surface area contributed by atoms with E-state index in [2.05, 4.69) is 5.32 Å². The van der Waals surface area contributed by atoms with Crippen LogP contribution in [0.2, 0.25) is 5.02 Å². The Bertz CT molecular complexity index is 661. The average molecular weight is 322 g/mol. The number of hydrogen-bond acceptors (Lipinski definition) is 3. The Morgan fingerprint density at radius 1 is 1.14 bits per heavy atom. The van der Waals surface area contributed by atoms with Crippen molar-refractivity contribution >= 4 is 40.9 Å². The van der Waals surface area contributed by atoms with Crippen molar-refractivity contribution in [2.75, 3.05) is 11.1 Å². The Balaban J connectivity index is 2.02. The van der Waals surface area contributed by atoms with Gasteiger partial charge in [-0.1, -0.05) is 29.8 Å². The first-order chi connectivity index (χ1) is 10.1. The van der Waals surface area contributed by atoms with Gasteiger partial charge in [0.2, 0.25) is 5.91 Å². The fraction of sp³-hybridized carbons (Fsp3) is 0.0667. The van der Waals surface area contributed by atoms with E-state index in [1.807, 2.05) is 30.3 Å². The highest BCUT2D eigenvalue weighted by molar-refractivity contribution is 8.00. The number of rotatable bonds is 5. The summed E-state index contributed by atoms with van der Waals surface area (Å²) in [6.07, 6.45) is 0. The van der Waals surface area contributed by atoms with Gasteiger partial charge in [0.25, 0.3) is 0 Å². The summed E-state index contributed by atoms with van der Waals surface area (Å²) >= 11 is 7.20. The normalized spacial score (nSPS) is 10.1. The Hall–Kier alpha value is -1.98. The van der Waals surface area contributed by atoms with E-state index >= 15 is 0 Å². The van der Waals surface area contributed by atoms with E-state index in [-0.39, 0.29) is 22.9 Å². The molecule has 0 aliphatic rings. The second-order valence-corrected chi connectivity index (χ2v) is 5.63. The van der Waals surface area contributed by atoms with Gasteiger partial charge in [-0.15, -0.1) is 11.8 Å². The fourth-order valence-electron chi connectivity index (χ4n) is 1.66. The summed E-state index contributed by atoms with van der Waals surface area (Å²) in [5, 5.41) is 12.0. The van der Waals surface area contributed by atoms with Gasteiger partial charge in [0.15, 0.2) is 0 Å². The number of carbonyl (C=O) groups excluding carboxylic acids is 1. The molecule has 1 amide bonds. The van der Waals surface area contributed by atoms with Crippen molar-refractivity contribution in [3.63, 3.8) is 0 Å². The van der Waals surface area contributed by atoms with Crippen molar-refractivity contribution in [2.24, 2.45) is 0 Å². The molecular formula is C15H12ClNO3S. The van der Waals surface area contributed by atoms with Crippen molar-refractivity contribution in [3.8, 4) is 0 Å². The molecule has 4 nitrogen and oxygen atoms in total. The number of hydrogen-bond donors (Lipinski definition) is 2. The first kappa shape index (κ1) is 15.4. The predicted molar refractivity (Wildman–Crippen MR) is 84.2 cm³/mol. The third-order valence-electron chi connectivity index (χ3n) is 2.60. The molecule has 0 spiro atoms. The molecule has 0 saturated carbocycles. The Labute approximate surface area is 131 Å². The smallest absolute Gasteiger partial charge is 0.337 e. The Morgan fingerprint density at radius 3 is 2.52 bits per heavy atom. The van der Waals surface area contributed by atoms with Crippen LogP contribution < -0.4 is 5.32 Å². The molecule has 21 heavy (non-hydrogen) atoms. The van der Waals surface area contributed by atoms with E-state index in [0.29, 0.717) is 5.02 Å². The number of carboxylic acids is 1. The molecule has 0 aliphatic carbocycles. The molecule has 0 fully saturated rings. The summed E-state index contributed by atoms with van der Waals surface area (Å²) in [6, 6.07) is 13.7. The van der Waals surface area contributed by atoms with Gasteiger partial charge in [0, 0.05) is 9.92 Å². The van der Waals surface area contributed by atoms with Gasteiger partial charge in [-0.25, -0.2) is 4.79 Å². The van der Waals surface area contributed by atoms with E-state index in [1.54, 1.807) is 0 Å². The molecule has 0 aliphatic heterocycles. The van der Waals surface area contributed by atoms with Gasteiger partial charge in [-0.05, 0) is 30.3 Å². The lowest BCUT2D eigenvalue weighted by Crippen LogP contribution is -2.16. The molecule has 2 aromatic carbocycles. The maximum atomic E-state index is 11.9. The SMILES string of the molecule is O=C(CSc1ccccc1)Nc1cc(Cl)ccc1C(=O)O.